The van der Waals surface area contributed by atoms with Gasteiger partial charge in [0.25, 0.3) is 5.56 Å². The van der Waals surface area contributed by atoms with Crippen LogP contribution in [0.3, 0.4) is 0 Å². The second-order valence-corrected chi connectivity index (χ2v) is 4.06. The summed E-state index contributed by atoms with van der Waals surface area (Å²) in [6.45, 7) is 5.86. The Kier molecular flexibility index (Phi) is 3.26. The van der Waals surface area contributed by atoms with Crippen LogP contribution in [0, 0.1) is 6.92 Å². The van der Waals surface area contributed by atoms with Crippen molar-refractivity contribution in [3.63, 3.8) is 0 Å². The maximum atomic E-state index is 11.6. The van der Waals surface area contributed by atoms with Gasteiger partial charge in [-0.2, -0.15) is 5.10 Å². The maximum Gasteiger partial charge on any atom is 0.277 e. The summed E-state index contributed by atoms with van der Waals surface area (Å²) in [5.41, 5.74) is 1.24. The summed E-state index contributed by atoms with van der Waals surface area (Å²) in [7, 11) is 0. The number of aromatic nitrogens is 4. The van der Waals surface area contributed by atoms with E-state index in [4.69, 9.17) is 0 Å². The SMILES string of the molecule is CC.Cc1nc(C2CCC2)n2nc[nH]c(=O)c12. The second kappa shape index (κ2) is 4.69. The molecule has 1 aliphatic carbocycles. The highest BCUT2D eigenvalue weighted by Crippen LogP contribution is 2.35. The van der Waals surface area contributed by atoms with Gasteiger partial charge in [0.1, 0.15) is 12.2 Å². The van der Waals surface area contributed by atoms with Crippen molar-refractivity contribution < 1.29 is 0 Å². The van der Waals surface area contributed by atoms with Crippen LogP contribution in [0.4, 0.5) is 0 Å². The van der Waals surface area contributed by atoms with Crippen molar-refractivity contribution in [2.24, 2.45) is 0 Å². The van der Waals surface area contributed by atoms with E-state index in [9.17, 15) is 4.79 Å². The lowest BCUT2D eigenvalue weighted by Crippen LogP contribution is -2.16. The third-order valence-corrected chi connectivity index (χ3v) is 3.11. The van der Waals surface area contributed by atoms with Crippen LogP contribution in [0.15, 0.2) is 11.1 Å². The molecule has 2 aromatic heterocycles. The van der Waals surface area contributed by atoms with E-state index in [2.05, 4.69) is 15.1 Å². The molecule has 0 aliphatic heterocycles. The van der Waals surface area contributed by atoms with Gasteiger partial charge >= 0.3 is 0 Å². The topological polar surface area (TPSA) is 63.1 Å². The highest BCUT2D eigenvalue weighted by Gasteiger charge is 2.25. The lowest BCUT2D eigenvalue weighted by molar-refractivity contribution is 0.395. The minimum atomic E-state index is -0.111. The summed E-state index contributed by atoms with van der Waals surface area (Å²) in [5.74, 6) is 1.43. The molecule has 17 heavy (non-hydrogen) atoms. The largest absolute Gasteiger partial charge is 0.310 e. The van der Waals surface area contributed by atoms with Crippen LogP contribution >= 0.6 is 0 Å². The molecule has 1 aliphatic rings. The van der Waals surface area contributed by atoms with Crippen LogP contribution < -0.4 is 5.56 Å². The summed E-state index contributed by atoms with van der Waals surface area (Å²) in [5, 5.41) is 4.16. The van der Waals surface area contributed by atoms with Gasteiger partial charge in [-0.15, -0.1) is 0 Å². The predicted molar refractivity (Wildman–Crippen MR) is 66.3 cm³/mol. The first-order chi connectivity index (χ1) is 8.27. The number of imidazole rings is 1. The Bertz CT molecular complexity index is 565. The molecule has 1 fully saturated rings. The third-order valence-electron chi connectivity index (χ3n) is 3.11. The molecule has 5 heteroatoms. The Balaban J connectivity index is 0.000000514. The maximum absolute atomic E-state index is 11.6. The molecule has 1 N–H and O–H groups in total. The number of H-pyrrole nitrogens is 1. The van der Waals surface area contributed by atoms with Gasteiger partial charge in [-0.1, -0.05) is 20.3 Å². The van der Waals surface area contributed by atoms with Gasteiger partial charge in [0.15, 0.2) is 5.52 Å². The highest BCUT2D eigenvalue weighted by molar-refractivity contribution is 5.49. The number of fused-ring (bicyclic) bond motifs is 1. The molecule has 0 atom stereocenters. The van der Waals surface area contributed by atoms with Crippen LogP contribution in [-0.2, 0) is 0 Å². The molecular formula is C12H18N4O. The summed E-state index contributed by atoms with van der Waals surface area (Å²) in [6, 6.07) is 0. The molecule has 2 aromatic rings. The van der Waals surface area contributed by atoms with Crippen molar-refractivity contribution in [2.75, 3.05) is 0 Å². The van der Waals surface area contributed by atoms with Gasteiger partial charge in [0.05, 0.1) is 5.69 Å². The lowest BCUT2D eigenvalue weighted by Gasteiger charge is -2.23. The van der Waals surface area contributed by atoms with Gasteiger partial charge < -0.3 is 4.98 Å². The van der Waals surface area contributed by atoms with E-state index in [1.54, 1.807) is 4.52 Å². The average Bonchev–Trinajstić information content (AvgIpc) is 2.58. The molecule has 0 aromatic carbocycles. The fraction of sp³-hybridized carbons (Fsp3) is 0.583. The second-order valence-electron chi connectivity index (χ2n) is 4.06. The Hall–Kier alpha value is -1.65. The smallest absolute Gasteiger partial charge is 0.277 e. The average molecular weight is 234 g/mol. The van der Waals surface area contributed by atoms with Crippen LogP contribution in [0.1, 0.15) is 50.5 Å². The molecule has 0 amide bonds. The molecule has 92 valence electrons. The first kappa shape index (κ1) is 11.8. The van der Waals surface area contributed by atoms with E-state index in [1.165, 1.54) is 12.7 Å². The van der Waals surface area contributed by atoms with Gasteiger partial charge in [0, 0.05) is 5.92 Å². The monoisotopic (exact) mass is 234 g/mol. The van der Waals surface area contributed by atoms with Crippen molar-refractivity contribution in [3.05, 3.63) is 28.2 Å². The Morgan fingerprint density at radius 1 is 1.41 bits per heavy atom. The zero-order chi connectivity index (χ0) is 12.4. The van der Waals surface area contributed by atoms with E-state index in [-0.39, 0.29) is 5.56 Å². The number of nitrogens with one attached hydrogen (secondary N) is 1. The summed E-state index contributed by atoms with van der Waals surface area (Å²) in [4.78, 5) is 18.6. The normalized spacial score (nSPS) is 15.2. The van der Waals surface area contributed by atoms with Crippen LogP contribution in [-0.4, -0.2) is 19.6 Å². The molecule has 2 heterocycles. The van der Waals surface area contributed by atoms with Gasteiger partial charge in [-0.3, -0.25) is 4.79 Å². The lowest BCUT2D eigenvalue weighted by atomic mass is 9.85. The first-order valence-corrected chi connectivity index (χ1v) is 6.20. The number of hydrogen-bond donors (Lipinski definition) is 1. The van der Waals surface area contributed by atoms with Crippen molar-refractivity contribution in [1.29, 1.82) is 0 Å². The van der Waals surface area contributed by atoms with Crippen LogP contribution in [0.5, 0.6) is 0 Å². The number of aryl methyl sites for hydroxylation is 1. The fourth-order valence-corrected chi connectivity index (χ4v) is 2.06. The molecule has 3 rings (SSSR count). The molecular weight excluding hydrogens is 216 g/mol. The molecule has 0 saturated heterocycles. The van der Waals surface area contributed by atoms with E-state index in [1.807, 2.05) is 20.8 Å². The van der Waals surface area contributed by atoms with Crippen molar-refractivity contribution >= 4 is 5.52 Å². The van der Waals surface area contributed by atoms with Crippen molar-refractivity contribution in [2.45, 2.75) is 46.0 Å². The first-order valence-electron chi connectivity index (χ1n) is 6.20. The predicted octanol–water partition coefficient (Wildman–Crippen LogP) is 2.02. The molecule has 0 radical (unpaired) electrons. The molecule has 0 unspecified atom stereocenters. The molecule has 1 saturated carbocycles. The van der Waals surface area contributed by atoms with Crippen LogP contribution in [0.2, 0.25) is 0 Å². The van der Waals surface area contributed by atoms with E-state index in [0.717, 1.165) is 24.4 Å². The summed E-state index contributed by atoms with van der Waals surface area (Å²) in [6.07, 6.45) is 5.00. The molecule has 0 spiro atoms. The van der Waals surface area contributed by atoms with Crippen LogP contribution in [0.25, 0.3) is 5.52 Å². The number of nitrogens with zero attached hydrogens (tertiary/aromatic N) is 3. The van der Waals surface area contributed by atoms with Gasteiger partial charge in [0.2, 0.25) is 0 Å². The number of rotatable bonds is 1. The minimum absolute atomic E-state index is 0.111. The number of aromatic amines is 1. The zero-order valence-electron chi connectivity index (χ0n) is 10.5. The van der Waals surface area contributed by atoms with E-state index >= 15 is 0 Å². The Morgan fingerprint density at radius 2 is 2.12 bits per heavy atom. The van der Waals surface area contributed by atoms with E-state index < -0.39 is 0 Å². The highest BCUT2D eigenvalue weighted by atomic mass is 16.1. The van der Waals surface area contributed by atoms with E-state index in [0.29, 0.717) is 11.4 Å². The fourth-order valence-electron chi connectivity index (χ4n) is 2.06. The van der Waals surface area contributed by atoms with Gasteiger partial charge in [-0.25, -0.2) is 9.50 Å². The summed E-state index contributed by atoms with van der Waals surface area (Å²) < 4.78 is 1.69. The summed E-state index contributed by atoms with van der Waals surface area (Å²) >= 11 is 0. The number of hydrogen-bond acceptors (Lipinski definition) is 3. The minimum Gasteiger partial charge on any atom is -0.310 e. The Morgan fingerprint density at radius 3 is 2.71 bits per heavy atom. The molecule has 5 nitrogen and oxygen atoms in total. The quantitative estimate of drug-likeness (QED) is 0.821. The van der Waals surface area contributed by atoms with Crippen molar-refractivity contribution in [3.8, 4) is 0 Å². The van der Waals surface area contributed by atoms with Crippen molar-refractivity contribution in [1.82, 2.24) is 19.6 Å². The third kappa shape index (κ3) is 1.85. The van der Waals surface area contributed by atoms with Gasteiger partial charge in [-0.05, 0) is 19.8 Å². The standard InChI is InChI=1S/C10H12N4O.C2H6/c1-6-8-10(15)11-5-12-14(8)9(13-6)7-3-2-4-7;1-2/h5,7H,2-4H2,1H3,(H,11,12,15);1-2H3. The Labute approximate surface area is 99.9 Å². The zero-order valence-corrected chi connectivity index (χ0v) is 10.5. The molecule has 0 bridgehead atoms.